The zero-order valence-corrected chi connectivity index (χ0v) is 10.8. The Morgan fingerprint density at radius 2 is 1.95 bits per heavy atom. The molecule has 0 spiro atoms. The molecule has 6 heteroatoms. The SMILES string of the molecule is NCCC(=O)NCCCCc1ccc([N+](=O)[O-])cc1. The van der Waals surface area contributed by atoms with Gasteiger partial charge in [-0.2, -0.15) is 0 Å². The molecule has 0 unspecified atom stereocenters. The van der Waals surface area contributed by atoms with E-state index < -0.39 is 4.92 Å². The minimum atomic E-state index is -0.406. The molecule has 0 fully saturated rings. The van der Waals surface area contributed by atoms with Crippen molar-refractivity contribution >= 4 is 11.6 Å². The van der Waals surface area contributed by atoms with E-state index in [1.165, 1.54) is 12.1 Å². The van der Waals surface area contributed by atoms with Gasteiger partial charge in [-0.05, 0) is 24.8 Å². The molecule has 3 N–H and O–H groups in total. The third-order valence-corrected chi connectivity index (χ3v) is 2.73. The number of nitrogens with zero attached hydrogens (tertiary/aromatic N) is 1. The maximum absolute atomic E-state index is 11.1. The molecular formula is C13H19N3O3. The zero-order valence-electron chi connectivity index (χ0n) is 10.8. The van der Waals surface area contributed by atoms with Crippen molar-refractivity contribution in [1.82, 2.24) is 5.32 Å². The first-order chi connectivity index (χ1) is 9.13. The highest BCUT2D eigenvalue weighted by atomic mass is 16.6. The van der Waals surface area contributed by atoms with Gasteiger partial charge in [-0.3, -0.25) is 14.9 Å². The van der Waals surface area contributed by atoms with Crippen LogP contribution in [0.1, 0.15) is 24.8 Å². The van der Waals surface area contributed by atoms with Gasteiger partial charge >= 0.3 is 0 Å². The Morgan fingerprint density at radius 1 is 1.26 bits per heavy atom. The summed E-state index contributed by atoms with van der Waals surface area (Å²) in [6, 6.07) is 6.56. The van der Waals surface area contributed by atoms with Crippen molar-refractivity contribution in [3.63, 3.8) is 0 Å². The number of carbonyl (C=O) groups is 1. The smallest absolute Gasteiger partial charge is 0.269 e. The predicted octanol–water partition coefficient (Wildman–Crippen LogP) is 1.38. The molecule has 0 aliphatic heterocycles. The lowest BCUT2D eigenvalue weighted by Crippen LogP contribution is -2.26. The summed E-state index contributed by atoms with van der Waals surface area (Å²) in [5.74, 6) is -0.0159. The van der Waals surface area contributed by atoms with Gasteiger partial charge in [-0.15, -0.1) is 0 Å². The van der Waals surface area contributed by atoms with Crippen molar-refractivity contribution in [2.75, 3.05) is 13.1 Å². The van der Waals surface area contributed by atoms with Crippen molar-refractivity contribution in [3.05, 3.63) is 39.9 Å². The number of benzene rings is 1. The topological polar surface area (TPSA) is 98.3 Å². The van der Waals surface area contributed by atoms with Crippen LogP contribution >= 0.6 is 0 Å². The lowest BCUT2D eigenvalue weighted by atomic mass is 10.1. The minimum absolute atomic E-state index is 0.0159. The number of nitro groups is 1. The Kier molecular flexibility index (Phi) is 6.52. The molecule has 6 nitrogen and oxygen atoms in total. The van der Waals surface area contributed by atoms with Crippen molar-refractivity contribution < 1.29 is 9.72 Å². The molecule has 0 saturated heterocycles. The van der Waals surface area contributed by atoms with Crippen LogP contribution in [0.15, 0.2) is 24.3 Å². The third kappa shape index (κ3) is 5.96. The molecule has 0 aliphatic carbocycles. The van der Waals surface area contributed by atoms with Gasteiger partial charge < -0.3 is 11.1 Å². The van der Waals surface area contributed by atoms with Gasteiger partial charge in [0.15, 0.2) is 0 Å². The molecule has 0 heterocycles. The summed E-state index contributed by atoms with van der Waals surface area (Å²) >= 11 is 0. The first-order valence-corrected chi connectivity index (χ1v) is 6.33. The Hall–Kier alpha value is -1.95. The van der Waals surface area contributed by atoms with E-state index in [2.05, 4.69) is 5.32 Å². The van der Waals surface area contributed by atoms with E-state index in [0.717, 1.165) is 24.8 Å². The lowest BCUT2D eigenvalue weighted by molar-refractivity contribution is -0.384. The van der Waals surface area contributed by atoms with Crippen molar-refractivity contribution in [1.29, 1.82) is 0 Å². The molecule has 19 heavy (non-hydrogen) atoms. The molecule has 0 radical (unpaired) electrons. The summed E-state index contributed by atoms with van der Waals surface area (Å²) in [4.78, 5) is 21.2. The highest BCUT2D eigenvalue weighted by molar-refractivity contribution is 5.75. The normalized spacial score (nSPS) is 10.2. The number of rotatable bonds is 8. The number of hydrogen-bond donors (Lipinski definition) is 2. The van der Waals surface area contributed by atoms with Crippen LogP contribution in [0.2, 0.25) is 0 Å². The van der Waals surface area contributed by atoms with Crippen molar-refractivity contribution in [2.45, 2.75) is 25.7 Å². The molecule has 0 bridgehead atoms. The Bertz CT molecular complexity index is 418. The van der Waals surface area contributed by atoms with Gasteiger partial charge in [0.25, 0.3) is 5.69 Å². The van der Waals surface area contributed by atoms with Gasteiger partial charge in [0.05, 0.1) is 4.92 Å². The van der Waals surface area contributed by atoms with Crippen LogP contribution in [0.3, 0.4) is 0 Å². The van der Waals surface area contributed by atoms with Crippen LogP contribution < -0.4 is 11.1 Å². The molecule has 0 aliphatic rings. The van der Waals surface area contributed by atoms with E-state index in [4.69, 9.17) is 5.73 Å². The maximum atomic E-state index is 11.1. The molecule has 1 aromatic carbocycles. The molecule has 1 rings (SSSR count). The number of nitrogens with two attached hydrogens (primary N) is 1. The highest BCUT2D eigenvalue weighted by Gasteiger charge is 2.03. The van der Waals surface area contributed by atoms with E-state index in [1.54, 1.807) is 12.1 Å². The number of aryl methyl sites for hydroxylation is 1. The summed E-state index contributed by atoms with van der Waals surface area (Å²) in [5.41, 5.74) is 6.44. The van der Waals surface area contributed by atoms with Crippen LogP contribution in [0, 0.1) is 10.1 Å². The summed E-state index contributed by atoms with van der Waals surface area (Å²) in [6.45, 7) is 1.01. The maximum Gasteiger partial charge on any atom is 0.269 e. The second-order valence-electron chi connectivity index (χ2n) is 4.27. The van der Waals surface area contributed by atoms with Gasteiger partial charge in [-0.1, -0.05) is 12.1 Å². The van der Waals surface area contributed by atoms with Crippen LogP contribution in [0.5, 0.6) is 0 Å². The van der Waals surface area contributed by atoms with Gasteiger partial charge in [0.2, 0.25) is 5.91 Å². The van der Waals surface area contributed by atoms with Crippen LogP contribution in [0.4, 0.5) is 5.69 Å². The monoisotopic (exact) mass is 265 g/mol. The quantitative estimate of drug-likeness (QED) is 0.421. The number of carbonyl (C=O) groups excluding carboxylic acids is 1. The van der Waals surface area contributed by atoms with Crippen LogP contribution in [-0.4, -0.2) is 23.9 Å². The fraction of sp³-hybridized carbons (Fsp3) is 0.462. The second-order valence-corrected chi connectivity index (χ2v) is 4.27. The summed E-state index contributed by atoms with van der Waals surface area (Å²) in [7, 11) is 0. The average Bonchev–Trinajstić information content (AvgIpc) is 2.39. The first kappa shape index (κ1) is 15.1. The molecule has 0 atom stereocenters. The van der Waals surface area contributed by atoms with E-state index in [0.29, 0.717) is 19.5 Å². The largest absolute Gasteiger partial charge is 0.356 e. The van der Waals surface area contributed by atoms with E-state index in [1.807, 2.05) is 0 Å². The van der Waals surface area contributed by atoms with Crippen molar-refractivity contribution in [2.24, 2.45) is 5.73 Å². The number of nitrogens with one attached hydrogen (secondary N) is 1. The molecular weight excluding hydrogens is 246 g/mol. The van der Waals surface area contributed by atoms with E-state index >= 15 is 0 Å². The Balaban J connectivity index is 2.19. The zero-order chi connectivity index (χ0) is 14.1. The Morgan fingerprint density at radius 3 is 2.53 bits per heavy atom. The molecule has 0 aromatic heterocycles. The lowest BCUT2D eigenvalue weighted by Gasteiger charge is -2.04. The molecule has 1 aromatic rings. The second kappa shape index (κ2) is 8.20. The van der Waals surface area contributed by atoms with Gasteiger partial charge in [-0.25, -0.2) is 0 Å². The Labute approximate surface area is 112 Å². The first-order valence-electron chi connectivity index (χ1n) is 6.33. The van der Waals surface area contributed by atoms with Crippen LogP contribution in [0.25, 0.3) is 0 Å². The predicted molar refractivity (Wildman–Crippen MR) is 72.7 cm³/mol. The third-order valence-electron chi connectivity index (χ3n) is 2.73. The summed E-state index contributed by atoms with van der Waals surface area (Å²) < 4.78 is 0. The number of non-ortho nitro benzene ring substituents is 1. The van der Waals surface area contributed by atoms with Gasteiger partial charge in [0, 0.05) is 31.6 Å². The van der Waals surface area contributed by atoms with E-state index in [-0.39, 0.29) is 11.6 Å². The summed E-state index contributed by atoms with van der Waals surface area (Å²) in [6.07, 6.45) is 3.03. The van der Waals surface area contributed by atoms with Gasteiger partial charge in [0.1, 0.15) is 0 Å². The fourth-order valence-corrected chi connectivity index (χ4v) is 1.69. The molecule has 0 saturated carbocycles. The number of nitro benzene ring substituents is 1. The van der Waals surface area contributed by atoms with Crippen LogP contribution in [-0.2, 0) is 11.2 Å². The standard InChI is InChI=1S/C13H19N3O3/c14-9-8-13(17)15-10-2-1-3-11-4-6-12(7-5-11)16(18)19/h4-7H,1-3,8-10,14H2,(H,15,17). The fourth-order valence-electron chi connectivity index (χ4n) is 1.69. The number of amides is 1. The molecule has 1 amide bonds. The summed E-state index contributed by atoms with van der Waals surface area (Å²) in [5, 5.41) is 13.3. The highest BCUT2D eigenvalue weighted by Crippen LogP contribution is 2.13. The number of unbranched alkanes of at least 4 members (excludes halogenated alkanes) is 1. The van der Waals surface area contributed by atoms with E-state index in [9.17, 15) is 14.9 Å². The average molecular weight is 265 g/mol. The minimum Gasteiger partial charge on any atom is -0.356 e. The molecule has 104 valence electrons. The number of hydrogen-bond acceptors (Lipinski definition) is 4. The van der Waals surface area contributed by atoms with Crippen molar-refractivity contribution in [3.8, 4) is 0 Å².